The summed E-state index contributed by atoms with van der Waals surface area (Å²) in [6, 6.07) is 3.26. The third kappa shape index (κ3) is 2.58. The van der Waals surface area contributed by atoms with Crippen LogP contribution >= 0.6 is 0 Å². The van der Waals surface area contributed by atoms with Crippen molar-refractivity contribution >= 4 is 11.9 Å². The van der Waals surface area contributed by atoms with Gasteiger partial charge in [-0.2, -0.15) is 0 Å². The van der Waals surface area contributed by atoms with Crippen molar-refractivity contribution in [3.63, 3.8) is 0 Å². The molecular formula is C16H17F2NO3. The molecule has 1 aromatic rings. The highest BCUT2D eigenvalue weighted by Crippen LogP contribution is 2.50. The Morgan fingerprint density at radius 3 is 2.59 bits per heavy atom. The lowest BCUT2D eigenvalue weighted by Crippen LogP contribution is -2.31. The average Bonchev–Trinajstić information content (AvgIpc) is 3.15. The minimum absolute atomic E-state index is 0.0930. The van der Waals surface area contributed by atoms with Gasteiger partial charge in [0.05, 0.1) is 5.92 Å². The van der Waals surface area contributed by atoms with Crippen molar-refractivity contribution in [2.45, 2.75) is 19.3 Å². The number of carbonyl (C=O) groups excluding carboxylic acids is 1. The molecule has 4 nitrogen and oxygen atoms in total. The van der Waals surface area contributed by atoms with Gasteiger partial charge in [0.15, 0.2) is 0 Å². The molecule has 1 N–H and O–H groups in total. The number of likely N-dealkylation sites (tertiary alicyclic amines) is 1. The van der Waals surface area contributed by atoms with Crippen molar-refractivity contribution in [3.05, 3.63) is 35.4 Å². The Kier molecular flexibility index (Phi) is 3.62. The first-order chi connectivity index (χ1) is 10.4. The van der Waals surface area contributed by atoms with Crippen LogP contribution in [0, 0.1) is 29.4 Å². The standard InChI is InChI=1S/C16H17F2NO3/c1-8-6-19(7-13(8)16(21)22)15(20)12-5-10(12)11-4-9(17)2-3-14(11)18/h2-4,8,10,12-13H,5-7H2,1H3,(H,21,22)/t8-,10?,12?,13-/m1/s1. The molecule has 4 atom stereocenters. The van der Waals surface area contributed by atoms with E-state index in [0.717, 1.165) is 18.2 Å². The van der Waals surface area contributed by atoms with Crippen LogP contribution in [0.3, 0.4) is 0 Å². The molecule has 2 unspecified atom stereocenters. The van der Waals surface area contributed by atoms with E-state index in [1.807, 2.05) is 6.92 Å². The molecule has 1 aliphatic heterocycles. The van der Waals surface area contributed by atoms with Crippen molar-refractivity contribution in [1.29, 1.82) is 0 Å². The van der Waals surface area contributed by atoms with Crippen LogP contribution in [0.2, 0.25) is 0 Å². The van der Waals surface area contributed by atoms with Crippen LogP contribution in [0.1, 0.15) is 24.8 Å². The van der Waals surface area contributed by atoms with Crippen LogP contribution in [-0.4, -0.2) is 35.0 Å². The summed E-state index contributed by atoms with van der Waals surface area (Å²) in [5.74, 6) is -3.37. The zero-order chi connectivity index (χ0) is 16.0. The summed E-state index contributed by atoms with van der Waals surface area (Å²) in [4.78, 5) is 25.1. The summed E-state index contributed by atoms with van der Waals surface area (Å²) in [6.07, 6.45) is 0.488. The number of rotatable bonds is 3. The molecule has 2 fully saturated rings. The highest BCUT2D eigenvalue weighted by molar-refractivity contribution is 5.84. The SMILES string of the molecule is C[C@@H]1CN(C(=O)C2CC2c2cc(F)ccc2F)C[C@H]1C(=O)O. The van der Waals surface area contributed by atoms with E-state index in [4.69, 9.17) is 5.11 Å². The van der Waals surface area contributed by atoms with Crippen LogP contribution in [0.5, 0.6) is 0 Å². The highest BCUT2D eigenvalue weighted by Gasteiger charge is 2.49. The average molecular weight is 309 g/mol. The molecule has 1 saturated heterocycles. The zero-order valence-corrected chi connectivity index (χ0v) is 12.1. The predicted molar refractivity (Wildman–Crippen MR) is 74.1 cm³/mol. The summed E-state index contributed by atoms with van der Waals surface area (Å²) < 4.78 is 27.0. The Bertz CT molecular complexity index is 634. The number of halogens is 2. The van der Waals surface area contributed by atoms with Gasteiger partial charge in [0.1, 0.15) is 11.6 Å². The van der Waals surface area contributed by atoms with Crippen molar-refractivity contribution in [3.8, 4) is 0 Å². The van der Waals surface area contributed by atoms with Crippen molar-refractivity contribution in [2.24, 2.45) is 17.8 Å². The van der Waals surface area contributed by atoms with Gasteiger partial charge in [-0.3, -0.25) is 9.59 Å². The normalized spacial score (nSPS) is 30.4. The molecule has 0 radical (unpaired) electrons. The van der Waals surface area contributed by atoms with E-state index in [9.17, 15) is 18.4 Å². The second kappa shape index (κ2) is 5.34. The summed E-state index contributed by atoms with van der Waals surface area (Å²) in [7, 11) is 0. The Hall–Kier alpha value is -1.98. The Labute approximate surface area is 126 Å². The summed E-state index contributed by atoms with van der Waals surface area (Å²) in [6.45, 7) is 2.41. The monoisotopic (exact) mass is 309 g/mol. The number of hydrogen-bond acceptors (Lipinski definition) is 2. The molecule has 0 aromatic heterocycles. The number of carboxylic acid groups (broad SMARTS) is 1. The molecule has 3 rings (SSSR count). The Morgan fingerprint density at radius 2 is 1.95 bits per heavy atom. The molecule has 1 aromatic carbocycles. The third-order valence-corrected chi connectivity index (χ3v) is 4.71. The first kappa shape index (κ1) is 14.9. The molecular weight excluding hydrogens is 292 g/mol. The van der Waals surface area contributed by atoms with E-state index in [-0.39, 0.29) is 35.8 Å². The first-order valence-electron chi connectivity index (χ1n) is 7.35. The van der Waals surface area contributed by atoms with E-state index in [1.54, 1.807) is 4.90 Å². The second-order valence-electron chi connectivity index (χ2n) is 6.28. The number of benzene rings is 1. The molecule has 1 amide bonds. The van der Waals surface area contributed by atoms with Gasteiger partial charge in [-0.25, -0.2) is 8.78 Å². The lowest BCUT2D eigenvalue weighted by molar-refractivity contribution is -0.142. The molecule has 6 heteroatoms. The van der Waals surface area contributed by atoms with E-state index in [2.05, 4.69) is 0 Å². The molecule has 1 heterocycles. The van der Waals surface area contributed by atoms with E-state index < -0.39 is 23.5 Å². The fourth-order valence-corrected chi connectivity index (χ4v) is 3.31. The number of carbonyl (C=O) groups is 2. The molecule has 0 spiro atoms. The number of aliphatic carboxylic acids is 1. The van der Waals surface area contributed by atoms with Crippen LogP contribution in [0.4, 0.5) is 8.78 Å². The molecule has 2 aliphatic rings. The quantitative estimate of drug-likeness (QED) is 0.931. The molecule has 22 heavy (non-hydrogen) atoms. The Morgan fingerprint density at radius 1 is 1.23 bits per heavy atom. The smallest absolute Gasteiger partial charge is 0.308 e. The van der Waals surface area contributed by atoms with Gasteiger partial charge in [-0.1, -0.05) is 6.92 Å². The minimum atomic E-state index is -0.897. The van der Waals surface area contributed by atoms with Crippen molar-refractivity contribution in [1.82, 2.24) is 4.90 Å². The predicted octanol–water partition coefficient (Wildman–Crippen LogP) is 2.25. The van der Waals surface area contributed by atoms with E-state index in [1.165, 1.54) is 0 Å². The van der Waals surface area contributed by atoms with Crippen LogP contribution in [0.25, 0.3) is 0 Å². The highest BCUT2D eigenvalue weighted by atomic mass is 19.1. The van der Waals surface area contributed by atoms with E-state index in [0.29, 0.717) is 13.0 Å². The maximum atomic E-state index is 13.7. The van der Waals surface area contributed by atoms with Gasteiger partial charge in [0.2, 0.25) is 5.91 Å². The van der Waals surface area contributed by atoms with Crippen LogP contribution in [-0.2, 0) is 9.59 Å². The number of nitrogens with zero attached hydrogens (tertiary/aromatic N) is 1. The lowest BCUT2D eigenvalue weighted by atomic mass is 9.99. The minimum Gasteiger partial charge on any atom is -0.481 e. The van der Waals surface area contributed by atoms with Gasteiger partial charge in [0, 0.05) is 19.0 Å². The molecule has 0 bridgehead atoms. The van der Waals surface area contributed by atoms with Gasteiger partial charge < -0.3 is 10.0 Å². The maximum absolute atomic E-state index is 13.7. The van der Waals surface area contributed by atoms with Gasteiger partial charge >= 0.3 is 5.97 Å². The van der Waals surface area contributed by atoms with Gasteiger partial charge in [-0.15, -0.1) is 0 Å². The number of amides is 1. The topological polar surface area (TPSA) is 57.6 Å². The third-order valence-electron chi connectivity index (χ3n) is 4.71. The largest absolute Gasteiger partial charge is 0.481 e. The van der Waals surface area contributed by atoms with Crippen molar-refractivity contribution < 1.29 is 23.5 Å². The zero-order valence-electron chi connectivity index (χ0n) is 12.1. The molecule has 1 saturated carbocycles. The first-order valence-corrected chi connectivity index (χ1v) is 7.35. The summed E-state index contributed by atoms with van der Waals surface area (Å²) in [5, 5.41) is 9.11. The number of hydrogen-bond donors (Lipinski definition) is 1. The van der Waals surface area contributed by atoms with E-state index >= 15 is 0 Å². The number of carboxylic acids is 1. The second-order valence-corrected chi connectivity index (χ2v) is 6.28. The fourth-order valence-electron chi connectivity index (χ4n) is 3.31. The summed E-state index contributed by atoms with van der Waals surface area (Å²) in [5.41, 5.74) is 0.236. The van der Waals surface area contributed by atoms with Gasteiger partial charge in [0.25, 0.3) is 0 Å². The van der Waals surface area contributed by atoms with Gasteiger partial charge in [-0.05, 0) is 42.0 Å². The van der Waals surface area contributed by atoms with Crippen LogP contribution < -0.4 is 0 Å². The maximum Gasteiger partial charge on any atom is 0.308 e. The van der Waals surface area contributed by atoms with Crippen molar-refractivity contribution in [2.75, 3.05) is 13.1 Å². The molecule has 1 aliphatic carbocycles. The summed E-state index contributed by atoms with van der Waals surface area (Å²) >= 11 is 0. The Balaban J connectivity index is 1.69. The molecule has 118 valence electrons. The van der Waals surface area contributed by atoms with Crippen LogP contribution in [0.15, 0.2) is 18.2 Å². The fraction of sp³-hybridized carbons (Fsp3) is 0.500. The lowest BCUT2D eigenvalue weighted by Gasteiger charge is -2.16.